The summed E-state index contributed by atoms with van der Waals surface area (Å²) in [4.78, 5) is 11.4. The first kappa shape index (κ1) is 15.3. The minimum Gasteiger partial charge on any atom is -0.507 e. The summed E-state index contributed by atoms with van der Waals surface area (Å²) in [5, 5.41) is 20.6. The van der Waals surface area contributed by atoms with Crippen LogP contribution < -0.4 is 10.2 Å². The summed E-state index contributed by atoms with van der Waals surface area (Å²) in [5.41, 5.74) is 3.61. The zero-order valence-corrected chi connectivity index (χ0v) is 14.3. The fourth-order valence-corrected chi connectivity index (χ4v) is 3.95. The number of aromatic nitrogens is 4. The molecule has 2 saturated heterocycles. The second kappa shape index (κ2) is 5.81. The van der Waals surface area contributed by atoms with Gasteiger partial charge in [0.1, 0.15) is 11.6 Å². The molecule has 2 aromatic heterocycles. The lowest BCUT2D eigenvalue weighted by molar-refractivity contribution is 0.241. The van der Waals surface area contributed by atoms with E-state index >= 15 is 0 Å². The van der Waals surface area contributed by atoms with Crippen LogP contribution in [0, 0.1) is 5.41 Å². The van der Waals surface area contributed by atoms with Crippen molar-refractivity contribution in [3.05, 3.63) is 43.0 Å². The maximum Gasteiger partial charge on any atom is 0.147 e. The number of hydrogen-bond donors (Lipinski definition) is 3. The van der Waals surface area contributed by atoms with Crippen molar-refractivity contribution in [3.8, 4) is 28.1 Å². The van der Waals surface area contributed by atoms with Gasteiger partial charge < -0.3 is 15.3 Å². The van der Waals surface area contributed by atoms with Crippen LogP contribution in [0.15, 0.2) is 43.0 Å². The van der Waals surface area contributed by atoms with Crippen molar-refractivity contribution in [1.82, 2.24) is 25.5 Å². The summed E-state index contributed by atoms with van der Waals surface area (Å²) < 4.78 is 0. The Hall–Kier alpha value is -2.93. The molecule has 0 bridgehead atoms. The highest BCUT2D eigenvalue weighted by molar-refractivity contribution is 5.73. The van der Waals surface area contributed by atoms with Gasteiger partial charge in [-0.1, -0.05) is 6.07 Å². The van der Waals surface area contributed by atoms with Gasteiger partial charge in [-0.15, -0.1) is 0 Å². The minimum atomic E-state index is 0.186. The van der Waals surface area contributed by atoms with Crippen molar-refractivity contribution in [1.29, 1.82) is 0 Å². The Morgan fingerprint density at radius 1 is 1.08 bits per heavy atom. The number of aromatic hydroxyl groups is 1. The van der Waals surface area contributed by atoms with Crippen LogP contribution in [-0.4, -0.2) is 51.5 Å². The van der Waals surface area contributed by atoms with Gasteiger partial charge in [0.25, 0.3) is 0 Å². The Kier molecular flexibility index (Phi) is 3.43. The molecule has 0 atom stereocenters. The molecule has 2 aliphatic rings. The number of benzene rings is 1. The SMILES string of the molecule is Oc1cc(-c2cn[nH]c2)ccc1-c1cnc(N2CC3(CCNC3)C2)cn1. The third kappa shape index (κ3) is 2.52. The quantitative estimate of drug-likeness (QED) is 0.671. The molecule has 7 nitrogen and oxygen atoms in total. The number of anilines is 1. The summed E-state index contributed by atoms with van der Waals surface area (Å²) >= 11 is 0. The Labute approximate surface area is 151 Å². The van der Waals surface area contributed by atoms with Gasteiger partial charge in [0.2, 0.25) is 0 Å². The highest BCUT2D eigenvalue weighted by Gasteiger charge is 2.45. The maximum absolute atomic E-state index is 10.4. The molecule has 1 spiro atoms. The molecule has 4 heterocycles. The van der Waals surface area contributed by atoms with Crippen LogP contribution in [0.1, 0.15) is 6.42 Å². The maximum atomic E-state index is 10.4. The second-order valence-corrected chi connectivity index (χ2v) is 7.26. The molecule has 1 aromatic carbocycles. The van der Waals surface area contributed by atoms with Crippen LogP contribution in [0.5, 0.6) is 5.75 Å². The molecule has 132 valence electrons. The predicted octanol–water partition coefficient (Wildman–Crippen LogP) is 2.04. The van der Waals surface area contributed by atoms with Gasteiger partial charge in [-0.3, -0.25) is 10.1 Å². The predicted molar refractivity (Wildman–Crippen MR) is 98.8 cm³/mol. The molecule has 26 heavy (non-hydrogen) atoms. The number of nitrogens with zero attached hydrogens (tertiary/aromatic N) is 4. The highest BCUT2D eigenvalue weighted by atomic mass is 16.3. The van der Waals surface area contributed by atoms with Crippen LogP contribution in [0.3, 0.4) is 0 Å². The van der Waals surface area contributed by atoms with Gasteiger partial charge in [-0.25, -0.2) is 4.98 Å². The third-order valence-corrected chi connectivity index (χ3v) is 5.45. The number of nitrogens with one attached hydrogen (secondary N) is 2. The minimum absolute atomic E-state index is 0.186. The molecule has 7 heteroatoms. The number of phenols is 1. The van der Waals surface area contributed by atoms with E-state index < -0.39 is 0 Å². The Morgan fingerprint density at radius 2 is 2.00 bits per heavy atom. The fourth-order valence-electron chi connectivity index (χ4n) is 3.95. The van der Waals surface area contributed by atoms with Crippen molar-refractivity contribution >= 4 is 5.82 Å². The zero-order chi connectivity index (χ0) is 17.6. The van der Waals surface area contributed by atoms with Gasteiger partial charge in [0.15, 0.2) is 0 Å². The molecule has 0 saturated carbocycles. The normalized spacial score (nSPS) is 18.2. The summed E-state index contributed by atoms with van der Waals surface area (Å²) in [5.74, 6) is 1.09. The van der Waals surface area contributed by atoms with E-state index in [0.717, 1.165) is 43.1 Å². The van der Waals surface area contributed by atoms with E-state index in [4.69, 9.17) is 0 Å². The number of hydrogen-bond acceptors (Lipinski definition) is 6. The Balaban J connectivity index is 1.34. The molecule has 0 unspecified atom stereocenters. The van der Waals surface area contributed by atoms with Crippen LogP contribution >= 0.6 is 0 Å². The van der Waals surface area contributed by atoms with Gasteiger partial charge in [0, 0.05) is 42.4 Å². The van der Waals surface area contributed by atoms with E-state index in [2.05, 4.69) is 30.4 Å². The van der Waals surface area contributed by atoms with Crippen molar-refractivity contribution in [3.63, 3.8) is 0 Å². The smallest absolute Gasteiger partial charge is 0.147 e. The van der Waals surface area contributed by atoms with Crippen LogP contribution in [-0.2, 0) is 0 Å². The van der Waals surface area contributed by atoms with E-state index in [9.17, 15) is 5.11 Å². The van der Waals surface area contributed by atoms with E-state index in [-0.39, 0.29) is 5.75 Å². The number of H-pyrrole nitrogens is 1. The standard InChI is InChI=1S/C19H20N6O/c26-17-5-13(14-6-23-24-7-14)1-2-15(17)16-8-22-18(9-21-16)25-11-19(12-25)3-4-20-10-19/h1-2,5-9,20,26H,3-4,10-12H2,(H,23,24). The van der Waals surface area contributed by atoms with Crippen molar-refractivity contribution in [2.75, 3.05) is 31.1 Å². The van der Waals surface area contributed by atoms with E-state index in [1.165, 1.54) is 6.42 Å². The monoisotopic (exact) mass is 348 g/mol. The van der Waals surface area contributed by atoms with E-state index in [1.54, 1.807) is 30.9 Å². The second-order valence-electron chi connectivity index (χ2n) is 7.26. The molecule has 3 aromatic rings. The summed E-state index contributed by atoms with van der Waals surface area (Å²) in [6.45, 7) is 4.30. The third-order valence-electron chi connectivity index (χ3n) is 5.45. The molecule has 5 rings (SSSR count). The van der Waals surface area contributed by atoms with Gasteiger partial charge in [0.05, 0.1) is 24.3 Å². The van der Waals surface area contributed by atoms with Crippen molar-refractivity contribution in [2.45, 2.75) is 6.42 Å². The first-order valence-electron chi connectivity index (χ1n) is 8.83. The van der Waals surface area contributed by atoms with Gasteiger partial charge >= 0.3 is 0 Å². The summed E-state index contributed by atoms with van der Waals surface area (Å²) in [6.07, 6.45) is 8.30. The average molecular weight is 348 g/mol. The lowest BCUT2D eigenvalue weighted by Gasteiger charge is -2.48. The Morgan fingerprint density at radius 3 is 2.65 bits per heavy atom. The molecular weight excluding hydrogens is 328 g/mol. The highest BCUT2D eigenvalue weighted by Crippen LogP contribution is 2.38. The van der Waals surface area contributed by atoms with Crippen LogP contribution in [0.4, 0.5) is 5.82 Å². The Bertz CT molecular complexity index is 908. The van der Waals surface area contributed by atoms with Crippen LogP contribution in [0.25, 0.3) is 22.4 Å². The number of rotatable bonds is 3. The molecule has 2 aliphatic heterocycles. The number of phenolic OH excluding ortho intramolecular Hbond substituents is 1. The molecule has 3 N–H and O–H groups in total. The molecule has 0 aliphatic carbocycles. The molecular formula is C19H20N6O. The van der Waals surface area contributed by atoms with Crippen LogP contribution in [0.2, 0.25) is 0 Å². The average Bonchev–Trinajstić information content (AvgIpc) is 3.33. The van der Waals surface area contributed by atoms with E-state index in [0.29, 0.717) is 16.7 Å². The molecule has 2 fully saturated rings. The first-order valence-corrected chi connectivity index (χ1v) is 8.83. The first-order chi connectivity index (χ1) is 12.7. The van der Waals surface area contributed by atoms with Crippen molar-refractivity contribution < 1.29 is 5.11 Å². The van der Waals surface area contributed by atoms with E-state index in [1.807, 2.05) is 12.1 Å². The fraction of sp³-hybridized carbons (Fsp3) is 0.316. The van der Waals surface area contributed by atoms with Crippen molar-refractivity contribution in [2.24, 2.45) is 5.41 Å². The summed E-state index contributed by atoms with van der Waals surface area (Å²) in [7, 11) is 0. The zero-order valence-electron chi connectivity index (χ0n) is 14.3. The summed E-state index contributed by atoms with van der Waals surface area (Å²) in [6, 6.07) is 5.54. The lowest BCUT2D eigenvalue weighted by Crippen LogP contribution is -2.57. The molecule has 0 radical (unpaired) electrons. The molecule has 0 amide bonds. The van der Waals surface area contributed by atoms with Gasteiger partial charge in [-0.05, 0) is 30.7 Å². The lowest BCUT2D eigenvalue weighted by atomic mass is 9.79. The van der Waals surface area contributed by atoms with Gasteiger partial charge in [-0.2, -0.15) is 5.10 Å². The largest absolute Gasteiger partial charge is 0.507 e. The topological polar surface area (TPSA) is 90.0 Å². The number of aromatic amines is 1.